The zero-order chi connectivity index (χ0) is 27.0. The summed E-state index contributed by atoms with van der Waals surface area (Å²) >= 11 is 0. The molecular formula is C32H50Si4. The van der Waals surface area contributed by atoms with Crippen LogP contribution in [-0.2, 0) is 0 Å². The Morgan fingerprint density at radius 2 is 0.778 bits per heavy atom. The minimum absolute atomic E-state index is 0.542. The summed E-state index contributed by atoms with van der Waals surface area (Å²) in [5.74, 6) is 1.65. The highest BCUT2D eigenvalue weighted by Crippen LogP contribution is 2.59. The molecule has 194 valence electrons. The van der Waals surface area contributed by atoms with E-state index >= 15 is 0 Å². The van der Waals surface area contributed by atoms with Crippen LogP contribution in [0.2, 0.25) is 78.6 Å². The number of allylic oxidation sites excluding steroid dienone is 2. The molecule has 2 aliphatic carbocycles. The molecule has 0 spiro atoms. The van der Waals surface area contributed by atoms with E-state index in [0.29, 0.717) is 17.8 Å². The summed E-state index contributed by atoms with van der Waals surface area (Å²) < 4.78 is 0. The molecule has 0 amide bonds. The van der Waals surface area contributed by atoms with E-state index in [0.717, 1.165) is 0 Å². The van der Waals surface area contributed by atoms with E-state index in [1.807, 2.05) is 10.4 Å². The van der Waals surface area contributed by atoms with Gasteiger partial charge in [0.15, 0.2) is 0 Å². The largest absolute Gasteiger partial charge is 0.0778 e. The van der Waals surface area contributed by atoms with Crippen molar-refractivity contribution in [2.24, 2.45) is 5.92 Å². The maximum absolute atomic E-state index is 2.63. The van der Waals surface area contributed by atoms with Crippen LogP contribution < -0.4 is 0 Å². The smallest absolute Gasteiger partial charge is 0.0735 e. The highest BCUT2D eigenvalue weighted by molar-refractivity contribution is 6.99. The van der Waals surface area contributed by atoms with E-state index in [1.54, 1.807) is 32.6 Å². The molecular weight excluding hydrogens is 497 g/mol. The second-order valence-corrected chi connectivity index (χ2v) is 35.6. The Hall–Kier alpha value is -1.21. The third kappa shape index (κ3) is 4.61. The number of benzene rings is 2. The van der Waals surface area contributed by atoms with Crippen LogP contribution >= 0.6 is 0 Å². The second-order valence-electron chi connectivity index (χ2n) is 15.6. The monoisotopic (exact) mass is 546 g/mol. The van der Waals surface area contributed by atoms with Gasteiger partial charge < -0.3 is 0 Å². The van der Waals surface area contributed by atoms with Gasteiger partial charge in [0.2, 0.25) is 0 Å². The maximum atomic E-state index is 2.63. The molecule has 0 radical (unpaired) electrons. The van der Waals surface area contributed by atoms with Crippen molar-refractivity contribution in [3.63, 3.8) is 0 Å². The van der Waals surface area contributed by atoms with Gasteiger partial charge in [0.1, 0.15) is 0 Å². The Morgan fingerprint density at radius 3 is 1.06 bits per heavy atom. The van der Waals surface area contributed by atoms with Gasteiger partial charge in [0.05, 0.1) is 32.3 Å². The lowest BCUT2D eigenvalue weighted by Crippen LogP contribution is -2.37. The summed E-state index contributed by atoms with van der Waals surface area (Å²) in [4.78, 5) is 0. The van der Waals surface area contributed by atoms with Crippen LogP contribution in [0.3, 0.4) is 0 Å². The maximum Gasteiger partial charge on any atom is 0.0778 e. The standard InChI is InChI=1S/C32H50Si4/c1-22(27-23-18-14-16-20-25(23)29(33(2,3)4)31(27)35(8,9)10)28-24-19-15-17-21-26(24)30(34(5,6)7)32(28)36(11,12)13/h14-22,27-28H,1-13H3. The zero-order valence-electron chi connectivity index (χ0n) is 25.4. The summed E-state index contributed by atoms with van der Waals surface area (Å²) in [6.45, 7) is 33.8. The van der Waals surface area contributed by atoms with Gasteiger partial charge in [-0.2, -0.15) is 0 Å². The fourth-order valence-electron chi connectivity index (χ4n) is 7.49. The fourth-order valence-corrected chi connectivity index (χ4v) is 20.5. The molecule has 0 bridgehead atoms. The lowest BCUT2D eigenvalue weighted by atomic mass is 9.77. The van der Waals surface area contributed by atoms with Gasteiger partial charge in [-0.25, -0.2) is 0 Å². The topological polar surface area (TPSA) is 0 Å². The normalized spacial score (nSPS) is 21.7. The highest BCUT2D eigenvalue weighted by atomic mass is 28.3. The molecule has 0 saturated heterocycles. The lowest BCUT2D eigenvalue weighted by Gasteiger charge is -2.39. The Labute approximate surface area is 226 Å². The van der Waals surface area contributed by atoms with E-state index in [2.05, 4.69) is 134 Å². The number of hydrogen-bond acceptors (Lipinski definition) is 0. The van der Waals surface area contributed by atoms with Crippen LogP contribution in [0.15, 0.2) is 58.9 Å². The molecule has 0 aliphatic heterocycles. The molecule has 0 saturated carbocycles. The van der Waals surface area contributed by atoms with Gasteiger partial charge in [-0.3, -0.25) is 0 Å². The number of fused-ring (bicyclic) bond motifs is 2. The van der Waals surface area contributed by atoms with Crippen molar-refractivity contribution in [1.29, 1.82) is 0 Å². The molecule has 2 atom stereocenters. The summed E-state index contributed by atoms with van der Waals surface area (Å²) in [6, 6.07) is 19.1. The van der Waals surface area contributed by atoms with E-state index in [1.165, 1.54) is 0 Å². The van der Waals surface area contributed by atoms with Crippen LogP contribution in [0, 0.1) is 5.92 Å². The Bertz CT molecular complexity index is 1140. The first-order chi connectivity index (χ1) is 16.4. The lowest BCUT2D eigenvalue weighted by molar-refractivity contribution is 0.469. The summed E-state index contributed by atoms with van der Waals surface area (Å²) in [6.07, 6.45) is 0. The molecule has 2 aromatic rings. The van der Waals surface area contributed by atoms with Crippen molar-refractivity contribution < 1.29 is 0 Å². The quantitative estimate of drug-likeness (QED) is 0.316. The molecule has 2 unspecified atom stereocenters. The minimum Gasteiger partial charge on any atom is -0.0735 e. The Morgan fingerprint density at radius 1 is 0.472 bits per heavy atom. The summed E-state index contributed by atoms with van der Waals surface area (Å²) in [7, 11) is -6.19. The van der Waals surface area contributed by atoms with E-state index in [9.17, 15) is 0 Å². The molecule has 2 aromatic carbocycles. The van der Waals surface area contributed by atoms with E-state index in [-0.39, 0.29) is 0 Å². The van der Waals surface area contributed by atoms with E-state index in [4.69, 9.17) is 0 Å². The average Bonchev–Trinajstić information content (AvgIpc) is 3.27. The molecule has 0 fully saturated rings. The first kappa shape index (κ1) is 27.8. The SMILES string of the molecule is CC(C1C([Si](C)(C)C)=C([Si](C)(C)C)c2ccccc21)C1C([Si](C)(C)C)=C([Si](C)(C)C)c2ccccc21. The molecule has 0 nitrogen and oxygen atoms in total. The zero-order valence-corrected chi connectivity index (χ0v) is 29.4. The molecule has 4 heteroatoms. The predicted molar refractivity (Wildman–Crippen MR) is 175 cm³/mol. The van der Waals surface area contributed by atoms with Crippen LogP contribution in [0.5, 0.6) is 0 Å². The van der Waals surface area contributed by atoms with Gasteiger partial charge in [0, 0.05) is 11.8 Å². The van der Waals surface area contributed by atoms with Crippen LogP contribution in [0.4, 0.5) is 0 Å². The van der Waals surface area contributed by atoms with E-state index < -0.39 is 32.3 Å². The Balaban J connectivity index is 2.04. The van der Waals surface area contributed by atoms with Crippen LogP contribution in [0.1, 0.15) is 41.0 Å². The first-order valence-corrected chi connectivity index (χ1v) is 28.1. The van der Waals surface area contributed by atoms with Gasteiger partial charge >= 0.3 is 0 Å². The van der Waals surface area contributed by atoms with Crippen LogP contribution in [-0.4, -0.2) is 32.3 Å². The van der Waals surface area contributed by atoms with Crippen molar-refractivity contribution >= 4 is 42.7 Å². The molecule has 0 N–H and O–H groups in total. The summed E-state index contributed by atoms with van der Waals surface area (Å²) in [5.41, 5.74) is 6.46. The van der Waals surface area contributed by atoms with Crippen molar-refractivity contribution in [3.05, 3.63) is 81.2 Å². The summed E-state index contributed by atoms with van der Waals surface area (Å²) in [5, 5.41) is 7.35. The Kier molecular flexibility index (Phi) is 6.90. The van der Waals surface area contributed by atoms with Crippen molar-refractivity contribution in [2.45, 2.75) is 97.3 Å². The van der Waals surface area contributed by atoms with Gasteiger partial charge in [-0.05, 0) is 28.2 Å². The average molecular weight is 547 g/mol. The molecule has 4 rings (SSSR count). The number of hydrogen-bond donors (Lipinski definition) is 0. The van der Waals surface area contributed by atoms with Crippen molar-refractivity contribution in [2.75, 3.05) is 0 Å². The van der Waals surface area contributed by atoms with Crippen LogP contribution in [0.25, 0.3) is 10.4 Å². The van der Waals surface area contributed by atoms with Gasteiger partial charge in [-0.15, -0.1) is 0 Å². The first-order valence-electron chi connectivity index (χ1n) is 14.1. The molecule has 0 heterocycles. The molecule has 0 aromatic heterocycles. The second kappa shape index (κ2) is 8.93. The van der Waals surface area contributed by atoms with Gasteiger partial charge in [-0.1, -0.05) is 155 Å². The molecule has 2 aliphatic rings. The fraction of sp³-hybridized carbons (Fsp3) is 0.500. The van der Waals surface area contributed by atoms with Crippen molar-refractivity contribution in [1.82, 2.24) is 0 Å². The predicted octanol–water partition coefficient (Wildman–Crippen LogP) is 10.2. The highest BCUT2D eigenvalue weighted by Gasteiger charge is 2.50. The minimum atomic E-state index is -1.57. The third-order valence-electron chi connectivity index (χ3n) is 8.46. The van der Waals surface area contributed by atoms with Gasteiger partial charge in [0.25, 0.3) is 0 Å². The van der Waals surface area contributed by atoms with Crippen molar-refractivity contribution in [3.8, 4) is 0 Å². The molecule has 36 heavy (non-hydrogen) atoms. The third-order valence-corrected chi connectivity index (χ3v) is 17.4. The number of rotatable bonds is 6.